The largest absolute Gasteiger partial charge is 0.484 e. The highest BCUT2D eigenvalue weighted by Crippen LogP contribution is 2.22. The summed E-state index contributed by atoms with van der Waals surface area (Å²) >= 11 is 0. The van der Waals surface area contributed by atoms with E-state index in [1.54, 1.807) is 24.3 Å². The average Bonchev–Trinajstić information content (AvgIpc) is 2.94. The molecule has 1 saturated heterocycles. The van der Waals surface area contributed by atoms with Crippen LogP contribution >= 0.6 is 0 Å². The molecule has 1 N–H and O–H groups in total. The first-order valence-electron chi connectivity index (χ1n) is 8.06. The fourth-order valence-corrected chi connectivity index (χ4v) is 2.75. The van der Waals surface area contributed by atoms with Crippen molar-refractivity contribution in [1.29, 1.82) is 0 Å². The van der Waals surface area contributed by atoms with Crippen LogP contribution in [-0.2, 0) is 9.59 Å². The summed E-state index contributed by atoms with van der Waals surface area (Å²) < 4.78 is 18.7. The topological polar surface area (TPSA) is 58.6 Å². The van der Waals surface area contributed by atoms with Gasteiger partial charge in [0.15, 0.2) is 6.61 Å². The Kier molecular flexibility index (Phi) is 4.97. The molecule has 2 aromatic carbocycles. The van der Waals surface area contributed by atoms with Crippen molar-refractivity contribution in [3.8, 4) is 5.75 Å². The second-order valence-electron chi connectivity index (χ2n) is 6.05. The van der Waals surface area contributed by atoms with Crippen LogP contribution < -0.4 is 15.0 Å². The van der Waals surface area contributed by atoms with Gasteiger partial charge in [0.2, 0.25) is 5.91 Å². The maximum Gasteiger partial charge on any atom is 0.258 e. The third-order valence-corrected chi connectivity index (χ3v) is 4.00. The third kappa shape index (κ3) is 4.35. The monoisotopic (exact) mass is 342 g/mol. The molecule has 0 aromatic heterocycles. The molecule has 0 spiro atoms. The van der Waals surface area contributed by atoms with E-state index < -0.39 is 5.82 Å². The van der Waals surface area contributed by atoms with Crippen LogP contribution in [0, 0.1) is 12.7 Å². The van der Waals surface area contributed by atoms with Gasteiger partial charge in [-0.15, -0.1) is 0 Å². The molecule has 0 aliphatic carbocycles. The Hall–Kier alpha value is -2.89. The van der Waals surface area contributed by atoms with Crippen molar-refractivity contribution in [2.75, 3.05) is 18.1 Å². The molecule has 2 amide bonds. The Morgan fingerprint density at radius 3 is 2.76 bits per heavy atom. The van der Waals surface area contributed by atoms with Crippen LogP contribution in [0.1, 0.15) is 12.0 Å². The van der Waals surface area contributed by atoms with Crippen LogP contribution in [0.25, 0.3) is 0 Å². The van der Waals surface area contributed by atoms with Gasteiger partial charge in [-0.25, -0.2) is 4.39 Å². The lowest BCUT2D eigenvalue weighted by Gasteiger charge is -2.17. The van der Waals surface area contributed by atoms with Crippen LogP contribution in [0.3, 0.4) is 0 Å². The van der Waals surface area contributed by atoms with Crippen molar-refractivity contribution < 1.29 is 18.7 Å². The number of aryl methyl sites for hydroxylation is 1. The van der Waals surface area contributed by atoms with Crippen LogP contribution in [0.15, 0.2) is 48.5 Å². The number of amides is 2. The minimum atomic E-state index is -0.399. The zero-order valence-corrected chi connectivity index (χ0v) is 13.9. The Balaban J connectivity index is 1.52. The second-order valence-corrected chi connectivity index (χ2v) is 6.05. The summed E-state index contributed by atoms with van der Waals surface area (Å²) in [4.78, 5) is 25.6. The lowest BCUT2D eigenvalue weighted by atomic mass is 10.2. The van der Waals surface area contributed by atoms with Gasteiger partial charge in [0.25, 0.3) is 5.91 Å². The number of hydrogen-bond donors (Lipinski definition) is 1. The van der Waals surface area contributed by atoms with Gasteiger partial charge in [-0.3, -0.25) is 9.59 Å². The number of nitrogens with zero attached hydrogens (tertiary/aromatic N) is 1. The summed E-state index contributed by atoms with van der Waals surface area (Å²) in [7, 11) is 0. The Labute approximate surface area is 145 Å². The van der Waals surface area contributed by atoms with Crippen molar-refractivity contribution in [1.82, 2.24) is 5.32 Å². The SMILES string of the molecule is Cc1ccc(OCC(=O)N[C@@H]2CC(=O)N(c3cccc(F)c3)C2)cc1. The van der Waals surface area contributed by atoms with Crippen LogP contribution in [0.4, 0.5) is 10.1 Å². The molecular formula is C19H19FN2O3. The molecule has 0 saturated carbocycles. The van der Waals surface area contributed by atoms with Crippen molar-refractivity contribution in [2.45, 2.75) is 19.4 Å². The molecule has 1 atom stereocenters. The first kappa shape index (κ1) is 17.0. The maximum absolute atomic E-state index is 13.3. The van der Waals surface area contributed by atoms with E-state index in [1.807, 2.05) is 19.1 Å². The Morgan fingerprint density at radius 2 is 2.04 bits per heavy atom. The van der Waals surface area contributed by atoms with E-state index in [4.69, 9.17) is 4.74 Å². The predicted molar refractivity (Wildman–Crippen MR) is 92.0 cm³/mol. The van der Waals surface area contributed by atoms with Gasteiger partial charge in [0.05, 0.1) is 6.04 Å². The fraction of sp³-hybridized carbons (Fsp3) is 0.263. The quantitative estimate of drug-likeness (QED) is 0.908. The second kappa shape index (κ2) is 7.34. The molecule has 1 aliphatic heterocycles. The van der Waals surface area contributed by atoms with Gasteiger partial charge in [-0.1, -0.05) is 23.8 Å². The van der Waals surface area contributed by atoms with E-state index in [1.165, 1.54) is 17.0 Å². The number of halogens is 1. The normalized spacial score (nSPS) is 16.8. The number of hydrogen-bond acceptors (Lipinski definition) is 3. The predicted octanol–water partition coefficient (Wildman–Crippen LogP) is 2.43. The van der Waals surface area contributed by atoms with E-state index in [0.717, 1.165) is 5.56 Å². The van der Waals surface area contributed by atoms with Gasteiger partial charge < -0.3 is 15.0 Å². The van der Waals surface area contributed by atoms with Gasteiger partial charge in [-0.05, 0) is 37.3 Å². The third-order valence-electron chi connectivity index (χ3n) is 4.00. The summed E-state index contributed by atoms with van der Waals surface area (Å²) in [5, 5.41) is 2.79. The molecule has 0 unspecified atom stereocenters. The smallest absolute Gasteiger partial charge is 0.258 e. The first-order valence-corrected chi connectivity index (χ1v) is 8.06. The lowest BCUT2D eigenvalue weighted by Crippen LogP contribution is -2.39. The average molecular weight is 342 g/mol. The lowest BCUT2D eigenvalue weighted by molar-refractivity contribution is -0.123. The Morgan fingerprint density at radius 1 is 1.28 bits per heavy atom. The van der Waals surface area contributed by atoms with Crippen molar-refractivity contribution in [3.63, 3.8) is 0 Å². The summed E-state index contributed by atoms with van der Waals surface area (Å²) in [6.07, 6.45) is 0.187. The van der Waals surface area contributed by atoms with Crippen molar-refractivity contribution in [3.05, 3.63) is 59.9 Å². The zero-order chi connectivity index (χ0) is 17.8. The van der Waals surface area contributed by atoms with Crippen LogP contribution in [-0.4, -0.2) is 31.0 Å². The molecule has 1 heterocycles. The summed E-state index contributed by atoms with van der Waals surface area (Å²) in [5.74, 6) is -0.219. The van der Waals surface area contributed by atoms with Gasteiger partial charge in [0, 0.05) is 18.7 Å². The van der Waals surface area contributed by atoms with E-state index in [-0.39, 0.29) is 30.9 Å². The molecular weight excluding hydrogens is 323 g/mol. The molecule has 1 fully saturated rings. The van der Waals surface area contributed by atoms with E-state index >= 15 is 0 Å². The highest BCUT2D eigenvalue weighted by molar-refractivity contribution is 5.96. The van der Waals surface area contributed by atoms with Crippen molar-refractivity contribution in [2.24, 2.45) is 0 Å². The molecule has 130 valence electrons. The minimum absolute atomic E-state index is 0.117. The highest BCUT2D eigenvalue weighted by atomic mass is 19.1. The van der Waals surface area contributed by atoms with Gasteiger partial charge >= 0.3 is 0 Å². The summed E-state index contributed by atoms with van der Waals surface area (Å²) in [5.41, 5.74) is 1.61. The minimum Gasteiger partial charge on any atom is -0.484 e. The molecule has 2 aromatic rings. The highest BCUT2D eigenvalue weighted by Gasteiger charge is 2.31. The van der Waals surface area contributed by atoms with Gasteiger partial charge in [0.1, 0.15) is 11.6 Å². The summed E-state index contributed by atoms with van der Waals surface area (Å²) in [6.45, 7) is 2.17. The summed E-state index contributed by atoms with van der Waals surface area (Å²) in [6, 6.07) is 12.9. The van der Waals surface area contributed by atoms with E-state index in [2.05, 4.69) is 5.32 Å². The fourth-order valence-electron chi connectivity index (χ4n) is 2.75. The number of anilines is 1. The molecule has 3 rings (SSSR count). The molecule has 0 bridgehead atoms. The molecule has 0 radical (unpaired) electrons. The molecule has 1 aliphatic rings. The number of ether oxygens (including phenoxy) is 1. The Bertz CT molecular complexity index is 776. The maximum atomic E-state index is 13.3. The number of carbonyl (C=O) groups excluding carboxylic acids is 2. The van der Waals surface area contributed by atoms with Crippen LogP contribution in [0.5, 0.6) is 5.75 Å². The number of nitrogens with one attached hydrogen (secondary N) is 1. The van der Waals surface area contributed by atoms with Crippen molar-refractivity contribution >= 4 is 17.5 Å². The first-order chi connectivity index (χ1) is 12.0. The van der Waals surface area contributed by atoms with E-state index in [0.29, 0.717) is 18.0 Å². The number of benzene rings is 2. The standard InChI is InChI=1S/C19H19FN2O3/c1-13-5-7-17(8-6-13)25-12-18(23)21-15-10-19(24)22(11-15)16-4-2-3-14(20)9-16/h2-9,15H,10-12H2,1H3,(H,21,23)/t15-/m1/s1. The molecule has 25 heavy (non-hydrogen) atoms. The van der Waals surface area contributed by atoms with Crippen LogP contribution in [0.2, 0.25) is 0 Å². The molecule has 5 nitrogen and oxygen atoms in total. The zero-order valence-electron chi connectivity index (χ0n) is 13.9. The van der Waals surface area contributed by atoms with Gasteiger partial charge in [-0.2, -0.15) is 0 Å². The number of rotatable bonds is 5. The van der Waals surface area contributed by atoms with E-state index in [9.17, 15) is 14.0 Å². The molecule has 6 heteroatoms. The number of carbonyl (C=O) groups is 2.